The number of carboxylic acid groups (broad SMARTS) is 1. The normalized spacial score (nSPS) is 17.0. The topological polar surface area (TPSA) is 49.4 Å². The smallest absolute Gasteiger partial charge is 0.141 e. The highest BCUT2D eigenvalue weighted by atomic mass is 32.2. The molecule has 0 fully saturated rings. The van der Waals surface area contributed by atoms with E-state index in [1.807, 2.05) is 30.3 Å². The van der Waals surface area contributed by atoms with Gasteiger partial charge in [0.25, 0.3) is 0 Å². The number of benzene rings is 2. The van der Waals surface area contributed by atoms with E-state index in [9.17, 15) is 9.90 Å². The third-order valence-electron chi connectivity index (χ3n) is 2.73. The van der Waals surface area contributed by atoms with Crippen LogP contribution >= 0.6 is 11.8 Å². The maximum absolute atomic E-state index is 11.3. The molecule has 1 aliphatic heterocycles. The summed E-state index contributed by atoms with van der Waals surface area (Å²) in [4.78, 5) is 12.1. The van der Waals surface area contributed by atoms with Crippen LogP contribution in [0.15, 0.2) is 53.4 Å². The van der Waals surface area contributed by atoms with Gasteiger partial charge in [-0.25, -0.2) is 0 Å². The van der Waals surface area contributed by atoms with Crippen molar-refractivity contribution in [2.24, 2.45) is 0 Å². The minimum atomic E-state index is -1.10. The number of aliphatic carboxylic acids is 1. The lowest BCUT2D eigenvalue weighted by atomic mass is 10.1. The van der Waals surface area contributed by atoms with E-state index in [0.29, 0.717) is 17.1 Å². The van der Waals surface area contributed by atoms with Gasteiger partial charge in [-0.05, 0) is 18.2 Å². The zero-order valence-electron chi connectivity index (χ0n) is 9.33. The lowest BCUT2D eigenvalue weighted by Crippen LogP contribution is -2.27. The number of ether oxygens (including phenoxy) is 1. The quantitative estimate of drug-likeness (QED) is 0.787. The van der Waals surface area contributed by atoms with Crippen molar-refractivity contribution in [1.82, 2.24) is 0 Å². The minimum absolute atomic E-state index is 0.573. The number of carboxylic acids is 1. The Morgan fingerprint density at radius 2 is 1.72 bits per heavy atom. The van der Waals surface area contributed by atoms with Crippen molar-refractivity contribution < 1.29 is 14.6 Å². The SMILES string of the molecule is O=C([O-])C1Sc2ccccc2Oc2ccccc21. The highest BCUT2D eigenvalue weighted by Crippen LogP contribution is 2.47. The number of rotatable bonds is 1. The van der Waals surface area contributed by atoms with Gasteiger partial charge >= 0.3 is 0 Å². The van der Waals surface area contributed by atoms with Crippen LogP contribution in [0.3, 0.4) is 0 Å². The van der Waals surface area contributed by atoms with Crippen LogP contribution in [0.2, 0.25) is 0 Å². The van der Waals surface area contributed by atoms with E-state index in [2.05, 4.69) is 0 Å². The first-order valence-corrected chi connectivity index (χ1v) is 6.37. The molecule has 0 N–H and O–H groups in total. The molecule has 1 aliphatic rings. The highest BCUT2D eigenvalue weighted by molar-refractivity contribution is 8.00. The molecule has 0 saturated heterocycles. The fourth-order valence-corrected chi connectivity index (χ4v) is 2.96. The van der Waals surface area contributed by atoms with E-state index in [1.54, 1.807) is 18.2 Å². The molecule has 0 saturated carbocycles. The van der Waals surface area contributed by atoms with Crippen LogP contribution in [0.5, 0.6) is 11.5 Å². The zero-order valence-corrected chi connectivity index (χ0v) is 10.1. The molecule has 2 aromatic carbocycles. The van der Waals surface area contributed by atoms with Crippen LogP contribution in [0.1, 0.15) is 10.8 Å². The summed E-state index contributed by atoms with van der Waals surface area (Å²) >= 11 is 1.24. The second kappa shape index (κ2) is 4.38. The average Bonchev–Trinajstić information content (AvgIpc) is 2.55. The molecule has 0 bridgehead atoms. The van der Waals surface area contributed by atoms with Gasteiger partial charge in [-0.15, -0.1) is 11.8 Å². The minimum Gasteiger partial charge on any atom is -0.549 e. The maximum atomic E-state index is 11.3. The predicted molar refractivity (Wildman–Crippen MR) is 66.6 cm³/mol. The number of hydrogen-bond acceptors (Lipinski definition) is 4. The summed E-state index contributed by atoms with van der Waals surface area (Å²) in [6, 6.07) is 14.6. The van der Waals surface area contributed by atoms with Gasteiger partial charge in [0.1, 0.15) is 11.5 Å². The van der Waals surface area contributed by atoms with Crippen molar-refractivity contribution in [1.29, 1.82) is 0 Å². The Kier molecular flexibility index (Phi) is 2.72. The summed E-state index contributed by atoms with van der Waals surface area (Å²) in [7, 11) is 0. The summed E-state index contributed by atoms with van der Waals surface area (Å²) in [5.41, 5.74) is 0.638. The second-order valence-corrected chi connectivity index (χ2v) is 5.05. The predicted octanol–water partition coefficient (Wildman–Crippen LogP) is 2.38. The molecule has 0 spiro atoms. The molecule has 2 aromatic rings. The van der Waals surface area contributed by atoms with E-state index in [0.717, 1.165) is 4.90 Å². The van der Waals surface area contributed by atoms with Gasteiger partial charge in [0.05, 0.1) is 16.1 Å². The number of fused-ring (bicyclic) bond motifs is 2. The van der Waals surface area contributed by atoms with Crippen molar-refractivity contribution in [3.63, 3.8) is 0 Å². The van der Waals surface area contributed by atoms with Crippen LogP contribution < -0.4 is 9.84 Å². The first-order valence-electron chi connectivity index (χ1n) is 5.49. The number of thioether (sulfide) groups is 1. The molecule has 4 heteroatoms. The molecule has 18 heavy (non-hydrogen) atoms. The van der Waals surface area contributed by atoms with E-state index in [-0.39, 0.29) is 0 Å². The van der Waals surface area contributed by atoms with Crippen LogP contribution in [0.25, 0.3) is 0 Å². The summed E-state index contributed by atoms with van der Waals surface area (Å²) < 4.78 is 5.77. The maximum Gasteiger partial charge on any atom is 0.141 e. The Bertz CT molecular complexity index is 609. The highest BCUT2D eigenvalue weighted by Gasteiger charge is 2.24. The molecule has 0 aromatic heterocycles. The molecule has 0 radical (unpaired) electrons. The molecule has 3 rings (SSSR count). The molecule has 1 unspecified atom stereocenters. The summed E-state index contributed by atoms with van der Waals surface area (Å²) in [6.45, 7) is 0. The molecule has 0 amide bonds. The Hall–Kier alpha value is -1.94. The monoisotopic (exact) mass is 257 g/mol. The largest absolute Gasteiger partial charge is 0.549 e. The van der Waals surface area contributed by atoms with Crippen molar-refractivity contribution in [2.75, 3.05) is 0 Å². The Balaban J connectivity index is 2.17. The van der Waals surface area contributed by atoms with Gasteiger partial charge in [-0.2, -0.15) is 0 Å². The van der Waals surface area contributed by atoms with Crippen LogP contribution in [-0.4, -0.2) is 5.97 Å². The first kappa shape index (κ1) is 11.2. The van der Waals surface area contributed by atoms with Crippen LogP contribution in [0, 0.1) is 0 Å². The molecular weight excluding hydrogens is 248 g/mol. The fourth-order valence-electron chi connectivity index (χ4n) is 1.91. The third kappa shape index (κ3) is 1.84. The molecule has 90 valence electrons. The lowest BCUT2D eigenvalue weighted by Gasteiger charge is -2.16. The second-order valence-electron chi connectivity index (χ2n) is 3.90. The summed E-state index contributed by atoms with van der Waals surface area (Å²) in [5.74, 6) is 0.149. The van der Waals surface area contributed by atoms with Crippen LogP contribution in [0.4, 0.5) is 0 Å². The van der Waals surface area contributed by atoms with Gasteiger partial charge in [0, 0.05) is 5.56 Å². The molecule has 1 heterocycles. The van der Waals surface area contributed by atoms with Gasteiger partial charge in [-0.1, -0.05) is 30.3 Å². The van der Waals surface area contributed by atoms with Crippen LogP contribution in [-0.2, 0) is 4.79 Å². The van der Waals surface area contributed by atoms with Gasteiger partial charge < -0.3 is 14.6 Å². The molecule has 0 aliphatic carbocycles. The van der Waals surface area contributed by atoms with E-state index >= 15 is 0 Å². The number of carbonyl (C=O) groups is 1. The lowest BCUT2D eigenvalue weighted by molar-refractivity contribution is -0.305. The zero-order chi connectivity index (χ0) is 12.5. The van der Waals surface area contributed by atoms with E-state index in [1.165, 1.54) is 11.8 Å². The average molecular weight is 257 g/mol. The van der Waals surface area contributed by atoms with Crippen molar-refractivity contribution in [3.05, 3.63) is 54.1 Å². The molecular formula is C14H9O3S-. The van der Waals surface area contributed by atoms with E-state index < -0.39 is 11.2 Å². The number of para-hydroxylation sites is 2. The van der Waals surface area contributed by atoms with Gasteiger partial charge in [0.15, 0.2) is 0 Å². The van der Waals surface area contributed by atoms with Crippen molar-refractivity contribution in [3.8, 4) is 11.5 Å². The molecule has 1 atom stereocenters. The molecule has 3 nitrogen and oxygen atoms in total. The van der Waals surface area contributed by atoms with Gasteiger partial charge in [0.2, 0.25) is 0 Å². The van der Waals surface area contributed by atoms with E-state index in [4.69, 9.17) is 4.74 Å². The Morgan fingerprint density at radius 3 is 2.50 bits per heavy atom. The van der Waals surface area contributed by atoms with Crippen molar-refractivity contribution in [2.45, 2.75) is 10.1 Å². The summed E-state index contributed by atoms with van der Waals surface area (Å²) in [6.07, 6.45) is 0. The Labute approximate surface area is 108 Å². The Morgan fingerprint density at radius 1 is 1.06 bits per heavy atom. The van der Waals surface area contributed by atoms with Crippen molar-refractivity contribution >= 4 is 17.7 Å². The van der Waals surface area contributed by atoms with Gasteiger partial charge in [-0.3, -0.25) is 0 Å². The number of carbonyl (C=O) groups excluding carboxylic acids is 1. The third-order valence-corrected chi connectivity index (χ3v) is 4.00. The fraction of sp³-hybridized carbons (Fsp3) is 0.0714. The summed E-state index contributed by atoms with van der Waals surface area (Å²) in [5, 5.41) is 10.5. The standard InChI is InChI=1S/C14H10O3S/c15-14(16)13-9-5-1-2-6-10(9)17-11-7-3-4-8-12(11)18-13/h1-8,13H,(H,15,16)/p-1. The number of hydrogen-bond donors (Lipinski definition) is 0. The first-order chi connectivity index (χ1) is 8.75.